The molecule has 0 saturated carbocycles. The van der Waals surface area contributed by atoms with Crippen molar-refractivity contribution in [2.45, 2.75) is 45.3 Å². The normalized spacial score (nSPS) is 13.0. The maximum Gasteiger partial charge on any atom is 0.319 e. The Hall–Kier alpha value is -0.180. The Balaban J connectivity index is 3.50. The summed E-state index contributed by atoms with van der Waals surface area (Å²) < 4.78 is 5.05. The molecule has 2 nitrogen and oxygen atoms in total. The van der Waals surface area contributed by atoms with Crippen LogP contribution in [0.2, 0.25) is 0 Å². The molecule has 0 aromatic carbocycles. The van der Waals surface area contributed by atoms with Crippen LogP contribution < -0.4 is 0 Å². The summed E-state index contributed by atoms with van der Waals surface area (Å²) in [5.41, 5.74) is 0. The Morgan fingerprint density at radius 2 is 2.00 bits per heavy atom. The quantitative estimate of drug-likeness (QED) is 0.409. The fraction of sp³-hybridized carbons (Fsp3) is 0.900. The monoisotopic (exact) mass is 204 g/mol. The molecule has 0 aliphatic heterocycles. The standard InChI is InChI=1S/C10H20O2S/c1-4-5-6-7-12-10(11)9(13)8(2)3/h8-9,13H,4-7H2,1-3H3. The van der Waals surface area contributed by atoms with E-state index in [0.717, 1.165) is 19.3 Å². The van der Waals surface area contributed by atoms with Crippen LogP contribution in [0.15, 0.2) is 0 Å². The molecule has 0 radical (unpaired) electrons. The molecule has 1 unspecified atom stereocenters. The lowest BCUT2D eigenvalue weighted by atomic mass is 10.1. The molecule has 1 atom stereocenters. The highest BCUT2D eigenvalue weighted by Gasteiger charge is 2.18. The van der Waals surface area contributed by atoms with Crippen molar-refractivity contribution in [3.63, 3.8) is 0 Å². The maximum absolute atomic E-state index is 11.2. The number of hydrogen-bond acceptors (Lipinski definition) is 3. The predicted octanol–water partition coefficient (Wildman–Crippen LogP) is 2.67. The van der Waals surface area contributed by atoms with Gasteiger partial charge in [0.15, 0.2) is 0 Å². The highest BCUT2D eigenvalue weighted by Crippen LogP contribution is 2.10. The van der Waals surface area contributed by atoms with Crippen LogP contribution >= 0.6 is 12.6 Å². The molecule has 0 bridgehead atoms. The van der Waals surface area contributed by atoms with Gasteiger partial charge in [0.05, 0.1) is 6.61 Å². The van der Waals surface area contributed by atoms with Crippen molar-refractivity contribution in [3.05, 3.63) is 0 Å². The van der Waals surface area contributed by atoms with E-state index in [0.29, 0.717) is 6.61 Å². The molecule has 0 aliphatic rings. The number of carbonyl (C=O) groups is 1. The van der Waals surface area contributed by atoms with E-state index in [-0.39, 0.29) is 17.1 Å². The molecule has 13 heavy (non-hydrogen) atoms. The topological polar surface area (TPSA) is 26.3 Å². The van der Waals surface area contributed by atoms with Gasteiger partial charge in [-0.3, -0.25) is 4.79 Å². The Morgan fingerprint density at radius 3 is 2.46 bits per heavy atom. The summed E-state index contributed by atoms with van der Waals surface area (Å²) in [6.45, 7) is 6.59. The largest absolute Gasteiger partial charge is 0.465 e. The first kappa shape index (κ1) is 12.8. The minimum atomic E-state index is -0.276. The molecule has 0 aromatic heterocycles. The number of rotatable bonds is 6. The van der Waals surface area contributed by atoms with Crippen molar-refractivity contribution in [3.8, 4) is 0 Å². The zero-order valence-electron chi connectivity index (χ0n) is 8.75. The van der Waals surface area contributed by atoms with Gasteiger partial charge in [-0.2, -0.15) is 12.6 Å². The summed E-state index contributed by atoms with van der Waals surface area (Å²) in [4.78, 5) is 11.2. The predicted molar refractivity (Wildman–Crippen MR) is 58.1 cm³/mol. The Kier molecular flexibility index (Phi) is 7.14. The van der Waals surface area contributed by atoms with Gasteiger partial charge in [-0.05, 0) is 12.3 Å². The SMILES string of the molecule is CCCCCOC(=O)C(S)C(C)C. The van der Waals surface area contributed by atoms with Gasteiger partial charge in [0, 0.05) is 0 Å². The average molecular weight is 204 g/mol. The second-order valence-electron chi connectivity index (χ2n) is 3.56. The molecule has 0 aromatic rings. The molecule has 78 valence electrons. The Bertz CT molecular complexity index is 146. The van der Waals surface area contributed by atoms with E-state index in [1.54, 1.807) is 0 Å². The first-order chi connectivity index (χ1) is 6.09. The van der Waals surface area contributed by atoms with Crippen molar-refractivity contribution in [1.29, 1.82) is 0 Å². The smallest absolute Gasteiger partial charge is 0.319 e. The second kappa shape index (κ2) is 7.25. The van der Waals surface area contributed by atoms with E-state index >= 15 is 0 Å². The summed E-state index contributed by atoms with van der Waals surface area (Å²) in [5.74, 6) is 0.0523. The molecule has 0 rings (SSSR count). The lowest BCUT2D eigenvalue weighted by molar-refractivity contribution is -0.143. The molecular formula is C10H20O2S. The van der Waals surface area contributed by atoms with Crippen LogP contribution in [0.25, 0.3) is 0 Å². The molecule has 0 spiro atoms. The van der Waals surface area contributed by atoms with E-state index in [9.17, 15) is 4.79 Å². The van der Waals surface area contributed by atoms with Crippen molar-refractivity contribution in [2.75, 3.05) is 6.61 Å². The van der Waals surface area contributed by atoms with Gasteiger partial charge in [-0.1, -0.05) is 33.6 Å². The molecule has 3 heteroatoms. The van der Waals surface area contributed by atoms with Gasteiger partial charge >= 0.3 is 5.97 Å². The lowest BCUT2D eigenvalue weighted by Gasteiger charge is -2.13. The summed E-state index contributed by atoms with van der Waals surface area (Å²) >= 11 is 4.17. The van der Waals surface area contributed by atoms with Crippen molar-refractivity contribution < 1.29 is 9.53 Å². The van der Waals surface area contributed by atoms with E-state index in [2.05, 4.69) is 19.6 Å². The summed E-state index contributed by atoms with van der Waals surface area (Å²) in [6.07, 6.45) is 3.22. The van der Waals surface area contributed by atoms with Crippen LogP contribution in [-0.2, 0) is 9.53 Å². The minimum absolute atomic E-state index is 0.186. The minimum Gasteiger partial charge on any atom is -0.465 e. The Labute approximate surface area is 86.5 Å². The van der Waals surface area contributed by atoms with Crippen LogP contribution in [-0.4, -0.2) is 17.8 Å². The van der Waals surface area contributed by atoms with Crippen LogP contribution in [0, 0.1) is 5.92 Å². The van der Waals surface area contributed by atoms with Gasteiger partial charge in [0.1, 0.15) is 5.25 Å². The van der Waals surface area contributed by atoms with Crippen molar-refractivity contribution >= 4 is 18.6 Å². The van der Waals surface area contributed by atoms with E-state index in [4.69, 9.17) is 4.74 Å². The average Bonchev–Trinajstić information content (AvgIpc) is 2.10. The third kappa shape index (κ3) is 5.97. The summed E-state index contributed by atoms with van der Waals surface area (Å²) in [5, 5.41) is -0.276. The third-order valence-corrected chi connectivity index (χ3v) is 2.67. The number of ether oxygens (including phenoxy) is 1. The zero-order valence-corrected chi connectivity index (χ0v) is 9.64. The number of esters is 1. The molecule has 0 heterocycles. The van der Waals surface area contributed by atoms with Crippen LogP contribution in [0.4, 0.5) is 0 Å². The van der Waals surface area contributed by atoms with Gasteiger partial charge < -0.3 is 4.74 Å². The van der Waals surface area contributed by atoms with Crippen molar-refractivity contribution in [1.82, 2.24) is 0 Å². The van der Waals surface area contributed by atoms with E-state index in [1.807, 2.05) is 13.8 Å². The van der Waals surface area contributed by atoms with Gasteiger partial charge in [0.25, 0.3) is 0 Å². The fourth-order valence-corrected chi connectivity index (χ4v) is 0.957. The highest BCUT2D eigenvalue weighted by molar-refractivity contribution is 7.81. The van der Waals surface area contributed by atoms with Crippen LogP contribution in [0.3, 0.4) is 0 Å². The number of hydrogen-bond donors (Lipinski definition) is 1. The number of thiol groups is 1. The number of unbranched alkanes of at least 4 members (excludes halogenated alkanes) is 2. The zero-order chi connectivity index (χ0) is 10.3. The van der Waals surface area contributed by atoms with Crippen molar-refractivity contribution in [2.24, 2.45) is 5.92 Å². The highest BCUT2D eigenvalue weighted by atomic mass is 32.1. The molecule has 0 fully saturated rings. The molecule has 0 amide bonds. The van der Waals surface area contributed by atoms with E-state index in [1.165, 1.54) is 0 Å². The second-order valence-corrected chi connectivity index (χ2v) is 4.12. The molecule has 0 saturated heterocycles. The van der Waals surface area contributed by atoms with Crippen LogP contribution in [0.5, 0.6) is 0 Å². The molecular weight excluding hydrogens is 184 g/mol. The molecule has 0 N–H and O–H groups in total. The van der Waals surface area contributed by atoms with Gasteiger partial charge in [-0.25, -0.2) is 0 Å². The number of carbonyl (C=O) groups excluding carboxylic acids is 1. The third-order valence-electron chi connectivity index (χ3n) is 1.87. The lowest BCUT2D eigenvalue weighted by Crippen LogP contribution is -2.23. The van der Waals surface area contributed by atoms with Gasteiger partial charge in [0.2, 0.25) is 0 Å². The van der Waals surface area contributed by atoms with Crippen LogP contribution in [0.1, 0.15) is 40.0 Å². The van der Waals surface area contributed by atoms with Gasteiger partial charge in [-0.15, -0.1) is 0 Å². The summed E-state index contributed by atoms with van der Waals surface area (Å²) in [6, 6.07) is 0. The molecule has 0 aliphatic carbocycles. The van der Waals surface area contributed by atoms with E-state index < -0.39 is 0 Å². The first-order valence-electron chi connectivity index (χ1n) is 4.94. The first-order valence-corrected chi connectivity index (χ1v) is 5.46. The summed E-state index contributed by atoms with van der Waals surface area (Å²) in [7, 11) is 0. The Morgan fingerprint density at radius 1 is 1.38 bits per heavy atom. The maximum atomic E-state index is 11.2. The fourth-order valence-electron chi connectivity index (χ4n) is 0.882.